The zero-order valence-electron chi connectivity index (χ0n) is 11.6. The Hall–Kier alpha value is -0.910. The first-order chi connectivity index (χ1) is 8.87. The lowest BCUT2D eigenvalue weighted by Crippen LogP contribution is -2.50. The Labute approximate surface area is 118 Å². The van der Waals surface area contributed by atoms with E-state index < -0.39 is 5.97 Å². The zero-order valence-corrected chi connectivity index (χ0v) is 12.4. The number of carboxylic acid groups (broad SMARTS) is 1. The molecule has 19 heavy (non-hydrogen) atoms. The first-order valence-corrected chi connectivity index (χ1v) is 7.75. The highest BCUT2D eigenvalue weighted by Gasteiger charge is 2.35. The van der Waals surface area contributed by atoms with Gasteiger partial charge in [-0.05, 0) is 26.2 Å². The van der Waals surface area contributed by atoms with Crippen molar-refractivity contribution < 1.29 is 14.7 Å². The van der Waals surface area contributed by atoms with Crippen LogP contribution in [0.5, 0.6) is 0 Å². The van der Waals surface area contributed by atoms with Gasteiger partial charge in [0.1, 0.15) is 0 Å². The van der Waals surface area contributed by atoms with E-state index in [1.807, 2.05) is 21.6 Å². The van der Waals surface area contributed by atoms with Gasteiger partial charge in [-0.2, -0.15) is 11.8 Å². The van der Waals surface area contributed by atoms with Crippen LogP contribution >= 0.6 is 11.8 Å². The van der Waals surface area contributed by atoms with E-state index in [1.54, 1.807) is 0 Å². The molecule has 1 N–H and O–H groups in total. The molecule has 2 rings (SSSR count). The van der Waals surface area contributed by atoms with Crippen LogP contribution in [0.1, 0.15) is 26.7 Å². The molecule has 2 heterocycles. The molecule has 0 radical (unpaired) electrons. The van der Waals surface area contributed by atoms with E-state index in [4.69, 9.17) is 5.11 Å². The van der Waals surface area contributed by atoms with Crippen molar-refractivity contribution in [1.82, 2.24) is 9.80 Å². The molecule has 2 aliphatic heterocycles. The van der Waals surface area contributed by atoms with Gasteiger partial charge in [0.2, 0.25) is 0 Å². The SMILES string of the molecule is CC1(C)CN(C(=O)N2CCC(CC(=O)O)C2)CCS1. The summed E-state index contributed by atoms with van der Waals surface area (Å²) in [7, 11) is 0. The highest BCUT2D eigenvalue weighted by atomic mass is 32.2. The number of carbonyl (C=O) groups excluding carboxylic acids is 1. The molecule has 0 aliphatic carbocycles. The summed E-state index contributed by atoms with van der Waals surface area (Å²) in [5, 5.41) is 8.80. The third-order valence-electron chi connectivity index (χ3n) is 3.72. The predicted octanol–water partition coefficient (Wildman–Crippen LogP) is 1.73. The van der Waals surface area contributed by atoms with Crippen LogP contribution in [0.15, 0.2) is 0 Å². The Balaban J connectivity index is 1.88. The van der Waals surface area contributed by atoms with Crippen LogP contribution in [-0.2, 0) is 4.79 Å². The molecule has 5 nitrogen and oxygen atoms in total. The number of aliphatic carboxylic acids is 1. The zero-order chi connectivity index (χ0) is 14.0. The van der Waals surface area contributed by atoms with E-state index in [0.29, 0.717) is 13.1 Å². The van der Waals surface area contributed by atoms with Crippen molar-refractivity contribution in [2.24, 2.45) is 5.92 Å². The van der Waals surface area contributed by atoms with E-state index in [-0.39, 0.29) is 23.1 Å². The Morgan fingerprint density at radius 2 is 2.05 bits per heavy atom. The maximum absolute atomic E-state index is 12.4. The maximum atomic E-state index is 12.4. The highest BCUT2D eigenvalue weighted by molar-refractivity contribution is 8.00. The van der Waals surface area contributed by atoms with Gasteiger partial charge in [0.25, 0.3) is 0 Å². The largest absolute Gasteiger partial charge is 0.481 e. The molecule has 0 bridgehead atoms. The normalized spacial score (nSPS) is 26.5. The highest BCUT2D eigenvalue weighted by Crippen LogP contribution is 2.30. The molecule has 108 valence electrons. The molecule has 0 saturated carbocycles. The molecule has 0 spiro atoms. The second kappa shape index (κ2) is 5.61. The average Bonchev–Trinajstić information content (AvgIpc) is 2.74. The van der Waals surface area contributed by atoms with E-state index in [9.17, 15) is 9.59 Å². The average molecular weight is 286 g/mol. The van der Waals surface area contributed by atoms with E-state index in [1.165, 1.54) is 0 Å². The molecule has 0 aromatic carbocycles. The lowest BCUT2D eigenvalue weighted by Gasteiger charge is -2.39. The number of hydrogen-bond acceptors (Lipinski definition) is 3. The topological polar surface area (TPSA) is 60.9 Å². The summed E-state index contributed by atoms with van der Waals surface area (Å²) in [5.74, 6) is 0.328. The standard InChI is InChI=1S/C13H22N2O3S/c1-13(2)9-15(5-6-19-13)12(18)14-4-3-10(8-14)7-11(16)17/h10H,3-9H2,1-2H3,(H,16,17). The minimum Gasteiger partial charge on any atom is -0.481 e. The quantitative estimate of drug-likeness (QED) is 0.840. The van der Waals surface area contributed by atoms with Crippen LogP contribution in [-0.4, -0.2) is 63.6 Å². The minimum absolute atomic E-state index is 0.0845. The first kappa shape index (κ1) is 14.5. The Morgan fingerprint density at radius 1 is 1.32 bits per heavy atom. The van der Waals surface area contributed by atoms with E-state index in [2.05, 4.69) is 13.8 Å². The number of likely N-dealkylation sites (tertiary alicyclic amines) is 1. The second-order valence-corrected chi connectivity index (χ2v) is 7.81. The summed E-state index contributed by atoms with van der Waals surface area (Å²) in [5.41, 5.74) is 0. The molecule has 2 aliphatic rings. The lowest BCUT2D eigenvalue weighted by molar-refractivity contribution is -0.138. The van der Waals surface area contributed by atoms with E-state index in [0.717, 1.165) is 25.3 Å². The van der Waals surface area contributed by atoms with Crippen molar-refractivity contribution in [3.8, 4) is 0 Å². The molecule has 6 heteroatoms. The van der Waals surface area contributed by atoms with Crippen LogP contribution in [0, 0.1) is 5.92 Å². The molecule has 0 aromatic heterocycles. The number of thioether (sulfide) groups is 1. The fourth-order valence-electron chi connectivity index (χ4n) is 2.80. The second-order valence-electron chi connectivity index (χ2n) is 6.01. The van der Waals surface area contributed by atoms with Crippen LogP contribution in [0.2, 0.25) is 0 Å². The number of nitrogens with zero attached hydrogens (tertiary/aromatic N) is 2. The number of carboxylic acids is 1. The third-order valence-corrected chi connectivity index (χ3v) is 5.01. The molecule has 1 atom stereocenters. The van der Waals surface area contributed by atoms with Gasteiger partial charge in [-0.3, -0.25) is 4.79 Å². The lowest BCUT2D eigenvalue weighted by atomic mass is 10.1. The van der Waals surface area contributed by atoms with Crippen molar-refractivity contribution in [2.75, 3.05) is 31.9 Å². The summed E-state index contributed by atoms with van der Waals surface area (Å²) in [6.45, 7) is 7.18. The van der Waals surface area contributed by atoms with Crippen LogP contribution in [0.4, 0.5) is 4.79 Å². The van der Waals surface area contributed by atoms with Gasteiger partial charge in [-0.1, -0.05) is 0 Å². The number of hydrogen-bond donors (Lipinski definition) is 1. The van der Waals surface area contributed by atoms with Gasteiger partial charge >= 0.3 is 12.0 Å². The summed E-state index contributed by atoms with van der Waals surface area (Å²) < 4.78 is 0.119. The Bertz CT molecular complexity index is 373. The predicted molar refractivity (Wildman–Crippen MR) is 75.4 cm³/mol. The molecule has 2 fully saturated rings. The van der Waals surface area contributed by atoms with Gasteiger partial charge in [0.05, 0.1) is 0 Å². The van der Waals surface area contributed by atoms with Gasteiger partial charge in [0, 0.05) is 43.1 Å². The summed E-state index contributed by atoms with van der Waals surface area (Å²) in [6, 6.07) is 0.0845. The van der Waals surface area contributed by atoms with Crippen molar-refractivity contribution in [3.05, 3.63) is 0 Å². The van der Waals surface area contributed by atoms with Crippen LogP contribution in [0.3, 0.4) is 0 Å². The Morgan fingerprint density at radius 3 is 2.68 bits per heavy atom. The molecule has 2 amide bonds. The number of amides is 2. The monoisotopic (exact) mass is 286 g/mol. The molecular formula is C13H22N2O3S. The van der Waals surface area contributed by atoms with Crippen molar-refractivity contribution >= 4 is 23.8 Å². The fraction of sp³-hybridized carbons (Fsp3) is 0.846. The number of carbonyl (C=O) groups is 2. The van der Waals surface area contributed by atoms with Crippen LogP contribution < -0.4 is 0 Å². The van der Waals surface area contributed by atoms with Crippen molar-refractivity contribution in [3.63, 3.8) is 0 Å². The van der Waals surface area contributed by atoms with Gasteiger partial charge in [-0.15, -0.1) is 0 Å². The molecule has 1 unspecified atom stereocenters. The summed E-state index contributed by atoms with van der Waals surface area (Å²) >= 11 is 1.90. The Kier molecular flexibility index (Phi) is 4.28. The van der Waals surface area contributed by atoms with Gasteiger partial charge < -0.3 is 14.9 Å². The maximum Gasteiger partial charge on any atom is 0.320 e. The van der Waals surface area contributed by atoms with Gasteiger partial charge in [-0.25, -0.2) is 4.79 Å². The fourth-order valence-corrected chi connectivity index (χ4v) is 3.91. The van der Waals surface area contributed by atoms with Gasteiger partial charge in [0.15, 0.2) is 0 Å². The van der Waals surface area contributed by atoms with E-state index >= 15 is 0 Å². The minimum atomic E-state index is -0.769. The van der Waals surface area contributed by atoms with Crippen molar-refractivity contribution in [2.45, 2.75) is 31.4 Å². The van der Waals surface area contributed by atoms with Crippen molar-refractivity contribution in [1.29, 1.82) is 0 Å². The number of urea groups is 1. The molecule has 0 aromatic rings. The first-order valence-electron chi connectivity index (χ1n) is 6.77. The smallest absolute Gasteiger partial charge is 0.320 e. The van der Waals surface area contributed by atoms with Crippen LogP contribution in [0.25, 0.3) is 0 Å². The summed E-state index contributed by atoms with van der Waals surface area (Å²) in [4.78, 5) is 26.9. The number of rotatable bonds is 2. The third kappa shape index (κ3) is 3.78. The molecule has 2 saturated heterocycles. The summed E-state index contributed by atoms with van der Waals surface area (Å²) in [6.07, 6.45) is 0.981. The molecular weight excluding hydrogens is 264 g/mol.